The number of nitrogens with one attached hydrogen (secondary N) is 3. The highest BCUT2D eigenvalue weighted by molar-refractivity contribution is 6.18. The van der Waals surface area contributed by atoms with Crippen LogP contribution in [0.15, 0.2) is 48.7 Å². The second-order valence-corrected chi connectivity index (χ2v) is 10.6. The van der Waals surface area contributed by atoms with Crippen molar-refractivity contribution >= 4 is 40.0 Å². The van der Waals surface area contributed by atoms with Gasteiger partial charge in [-0.05, 0) is 74.1 Å². The minimum absolute atomic E-state index is 0.0951. The largest absolute Gasteiger partial charge is 0.396 e. The van der Waals surface area contributed by atoms with Gasteiger partial charge < -0.3 is 30.4 Å². The van der Waals surface area contributed by atoms with Crippen molar-refractivity contribution in [3.8, 4) is 0 Å². The van der Waals surface area contributed by atoms with Crippen LogP contribution >= 0.6 is 0 Å². The van der Waals surface area contributed by atoms with E-state index in [-0.39, 0.29) is 36.1 Å². The molecule has 1 saturated carbocycles. The molecule has 1 aliphatic heterocycles. The molecule has 4 aromatic rings. The first-order chi connectivity index (χ1) is 20.0. The molecular weight excluding hydrogens is 530 g/mol. The standard InChI is InChI=1S/C30H32F2N6O3/c31-20-5-3-19(4-6-20)27(40)23-16-33-28-26(23)29(34-21-7-1-18(17-39)2-8-21)37-30(36-28)35-22-9-10-25(24(32)15-22)38-11-13-41-14-12-38/h3-6,9-10,15-16,18,21,39H,1-2,7-8,11-14,17H2,(H3,33,34,35,36,37). The van der Waals surface area contributed by atoms with Gasteiger partial charge in [-0.25, -0.2) is 8.78 Å². The van der Waals surface area contributed by atoms with Crippen molar-refractivity contribution in [1.29, 1.82) is 0 Å². The number of benzene rings is 2. The molecule has 0 spiro atoms. The van der Waals surface area contributed by atoms with E-state index in [1.165, 1.54) is 30.3 Å². The zero-order chi connectivity index (χ0) is 28.3. The lowest BCUT2D eigenvalue weighted by atomic mass is 9.86. The van der Waals surface area contributed by atoms with Crippen LogP contribution in [0.1, 0.15) is 41.6 Å². The van der Waals surface area contributed by atoms with E-state index in [0.717, 1.165) is 25.7 Å². The van der Waals surface area contributed by atoms with Crippen molar-refractivity contribution < 1.29 is 23.4 Å². The molecule has 2 aromatic carbocycles. The maximum absolute atomic E-state index is 15.1. The number of aromatic amines is 1. The number of rotatable bonds is 8. The predicted octanol–water partition coefficient (Wildman–Crippen LogP) is 5.01. The van der Waals surface area contributed by atoms with Crippen molar-refractivity contribution in [3.05, 3.63) is 71.4 Å². The van der Waals surface area contributed by atoms with E-state index in [2.05, 4.69) is 20.6 Å². The van der Waals surface area contributed by atoms with Crippen LogP contribution in [0.3, 0.4) is 0 Å². The van der Waals surface area contributed by atoms with Crippen LogP contribution in [0.25, 0.3) is 11.0 Å². The zero-order valence-electron chi connectivity index (χ0n) is 22.5. The Morgan fingerprint density at radius 1 is 1.05 bits per heavy atom. The summed E-state index contributed by atoms with van der Waals surface area (Å²) in [4.78, 5) is 27.8. The van der Waals surface area contributed by atoms with Gasteiger partial charge in [-0.1, -0.05) is 0 Å². The number of carbonyl (C=O) groups is 1. The number of H-pyrrole nitrogens is 1. The fourth-order valence-electron chi connectivity index (χ4n) is 5.59. The van der Waals surface area contributed by atoms with E-state index < -0.39 is 5.82 Å². The van der Waals surface area contributed by atoms with Crippen LogP contribution in [0.4, 0.5) is 31.9 Å². The van der Waals surface area contributed by atoms with Crippen LogP contribution in [0, 0.1) is 17.6 Å². The van der Waals surface area contributed by atoms with Gasteiger partial charge in [0, 0.05) is 43.2 Å². The van der Waals surface area contributed by atoms with Crippen molar-refractivity contribution in [2.45, 2.75) is 31.7 Å². The number of ether oxygens (including phenoxy) is 1. The number of halogens is 2. The SMILES string of the molecule is O=C(c1ccc(F)cc1)c1c[nH]c2nc(Nc3ccc(N4CCOCC4)c(F)c3)nc(NC3CCC(CO)CC3)c12. The number of nitrogens with zero attached hydrogens (tertiary/aromatic N) is 3. The minimum atomic E-state index is -0.422. The van der Waals surface area contributed by atoms with E-state index in [0.29, 0.717) is 65.7 Å². The Kier molecular flexibility index (Phi) is 7.80. The number of hydrogen-bond acceptors (Lipinski definition) is 8. The summed E-state index contributed by atoms with van der Waals surface area (Å²) < 4.78 is 33.9. The lowest BCUT2D eigenvalue weighted by molar-refractivity contribution is 0.104. The molecule has 3 heterocycles. The average Bonchev–Trinajstić information content (AvgIpc) is 3.42. The number of morpholine rings is 1. The summed E-state index contributed by atoms with van der Waals surface area (Å²) in [6.45, 7) is 2.56. The number of hydrogen-bond donors (Lipinski definition) is 4. The molecule has 1 saturated heterocycles. The highest BCUT2D eigenvalue weighted by Gasteiger charge is 2.25. The normalized spacial score (nSPS) is 19.3. The van der Waals surface area contributed by atoms with Gasteiger partial charge in [0.05, 0.1) is 29.9 Å². The minimum Gasteiger partial charge on any atom is -0.396 e. The molecule has 11 heteroatoms. The molecule has 41 heavy (non-hydrogen) atoms. The molecule has 2 fully saturated rings. The Bertz CT molecular complexity index is 1530. The molecule has 1 aliphatic carbocycles. The quantitative estimate of drug-likeness (QED) is 0.222. The van der Waals surface area contributed by atoms with Gasteiger partial charge in [0.15, 0.2) is 5.78 Å². The van der Waals surface area contributed by atoms with Gasteiger partial charge in [-0.3, -0.25) is 4.79 Å². The van der Waals surface area contributed by atoms with Crippen molar-refractivity contribution in [3.63, 3.8) is 0 Å². The first-order valence-electron chi connectivity index (χ1n) is 13.9. The molecule has 0 unspecified atom stereocenters. The molecule has 214 valence electrons. The number of anilines is 4. The topological polar surface area (TPSA) is 115 Å². The van der Waals surface area contributed by atoms with Crippen molar-refractivity contribution in [1.82, 2.24) is 15.0 Å². The van der Waals surface area contributed by atoms with Crippen LogP contribution in [-0.2, 0) is 4.74 Å². The van der Waals surface area contributed by atoms with Gasteiger partial charge >= 0.3 is 0 Å². The molecule has 4 N–H and O–H groups in total. The fourth-order valence-corrected chi connectivity index (χ4v) is 5.59. The number of aliphatic hydroxyl groups is 1. The molecule has 9 nitrogen and oxygen atoms in total. The summed E-state index contributed by atoms with van der Waals surface area (Å²) in [6.07, 6.45) is 5.05. The summed E-state index contributed by atoms with van der Waals surface area (Å²) in [5.74, 6) is -0.0617. The van der Waals surface area contributed by atoms with Crippen LogP contribution in [0.5, 0.6) is 0 Å². The third kappa shape index (κ3) is 5.86. The molecule has 0 amide bonds. The van der Waals surface area contributed by atoms with E-state index in [1.807, 2.05) is 4.90 Å². The Morgan fingerprint density at radius 3 is 2.51 bits per heavy atom. The average molecular weight is 563 g/mol. The number of aliphatic hydroxyl groups excluding tert-OH is 1. The number of ketones is 1. The third-order valence-corrected chi connectivity index (χ3v) is 7.88. The zero-order valence-corrected chi connectivity index (χ0v) is 22.5. The Hall–Kier alpha value is -4.09. The Labute approximate surface area is 236 Å². The van der Waals surface area contributed by atoms with Gasteiger partial charge in [-0.15, -0.1) is 0 Å². The first kappa shape index (κ1) is 27.1. The van der Waals surface area contributed by atoms with Crippen LogP contribution in [-0.4, -0.2) is 64.8 Å². The summed E-state index contributed by atoms with van der Waals surface area (Å²) in [6, 6.07) is 10.4. The van der Waals surface area contributed by atoms with Gasteiger partial charge in [0.2, 0.25) is 5.95 Å². The molecule has 2 aromatic heterocycles. The predicted molar refractivity (Wildman–Crippen MR) is 153 cm³/mol. The summed E-state index contributed by atoms with van der Waals surface area (Å²) in [5, 5.41) is 16.7. The van der Waals surface area contributed by atoms with Gasteiger partial charge in [0.1, 0.15) is 23.1 Å². The van der Waals surface area contributed by atoms with Crippen molar-refractivity contribution in [2.24, 2.45) is 5.92 Å². The smallest absolute Gasteiger partial charge is 0.231 e. The van der Waals surface area contributed by atoms with Crippen LogP contribution in [0.2, 0.25) is 0 Å². The molecule has 6 rings (SSSR count). The molecule has 2 aliphatic rings. The number of carbonyl (C=O) groups excluding carboxylic acids is 1. The second-order valence-electron chi connectivity index (χ2n) is 10.6. The fraction of sp³-hybridized carbons (Fsp3) is 0.367. The summed E-state index contributed by atoms with van der Waals surface area (Å²) >= 11 is 0. The lowest BCUT2D eigenvalue weighted by Gasteiger charge is -2.29. The molecule has 0 atom stereocenters. The number of aromatic nitrogens is 3. The summed E-state index contributed by atoms with van der Waals surface area (Å²) in [7, 11) is 0. The van der Waals surface area contributed by atoms with E-state index in [9.17, 15) is 14.3 Å². The Morgan fingerprint density at radius 2 is 1.80 bits per heavy atom. The maximum atomic E-state index is 15.1. The lowest BCUT2D eigenvalue weighted by Crippen LogP contribution is -2.36. The van der Waals surface area contributed by atoms with Crippen LogP contribution < -0.4 is 15.5 Å². The van der Waals surface area contributed by atoms with E-state index in [1.54, 1.807) is 18.3 Å². The first-order valence-corrected chi connectivity index (χ1v) is 13.9. The Balaban J connectivity index is 1.32. The second kappa shape index (κ2) is 11.8. The monoisotopic (exact) mass is 562 g/mol. The van der Waals surface area contributed by atoms with Crippen molar-refractivity contribution in [2.75, 3.05) is 48.4 Å². The highest BCUT2D eigenvalue weighted by Crippen LogP contribution is 2.33. The van der Waals surface area contributed by atoms with E-state index >= 15 is 4.39 Å². The molecule has 0 radical (unpaired) electrons. The van der Waals surface area contributed by atoms with E-state index in [4.69, 9.17) is 9.72 Å². The van der Waals surface area contributed by atoms with Gasteiger partial charge in [0.25, 0.3) is 0 Å². The maximum Gasteiger partial charge on any atom is 0.231 e. The third-order valence-electron chi connectivity index (χ3n) is 7.88. The highest BCUT2D eigenvalue weighted by atomic mass is 19.1. The molecular formula is C30H32F2N6O3. The van der Waals surface area contributed by atoms with Gasteiger partial charge in [-0.2, -0.15) is 9.97 Å². The summed E-state index contributed by atoms with van der Waals surface area (Å²) in [5.41, 5.74) is 2.15. The number of fused-ring (bicyclic) bond motifs is 1. The molecule has 0 bridgehead atoms.